The quantitative estimate of drug-likeness (QED) is 0.825. The molecule has 0 unspecified atom stereocenters. The second-order valence-electron chi connectivity index (χ2n) is 7.31. The molecular weight excluding hydrogens is 336 g/mol. The number of piperazine rings is 1. The minimum Gasteiger partial charge on any atom is -0.340 e. The number of hydrogen-bond acceptors (Lipinski definition) is 3. The second-order valence-corrected chi connectivity index (χ2v) is 9.24. The van der Waals surface area contributed by atoms with E-state index in [9.17, 15) is 13.2 Å². The first kappa shape index (κ1) is 18.4. The zero-order valence-corrected chi connectivity index (χ0v) is 15.8. The van der Waals surface area contributed by atoms with E-state index in [2.05, 4.69) is 0 Å². The lowest BCUT2D eigenvalue weighted by atomic mass is 9.86. The van der Waals surface area contributed by atoms with Crippen molar-refractivity contribution >= 4 is 15.9 Å². The monoisotopic (exact) mass is 364 g/mol. The summed E-state index contributed by atoms with van der Waals surface area (Å²) in [5.74, 6) is 0.717. The maximum atomic E-state index is 12.7. The lowest BCUT2D eigenvalue weighted by Gasteiger charge is -2.35. The second kappa shape index (κ2) is 7.87. The van der Waals surface area contributed by atoms with Crippen LogP contribution < -0.4 is 0 Å². The van der Waals surface area contributed by atoms with Crippen LogP contribution in [-0.2, 0) is 14.8 Å². The summed E-state index contributed by atoms with van der Waals surface area (Å²) in [5.41, 5.74) is 1.04. The SMILES string of the molecule is Cc1ccc(S(=O)(=O)N2CCN(C(=O)CC3CCCCC3)CC2)cc1. The van der Waals surface area contributed by atoms with Gasteiger partial charge >= 0.3 is 0 Å². The van der Waals surface area contributed by atoms with Crippen LogP contribution in [0.25, 0.3) is 0 Å². The number of carbonyl (C=O) groups is 1. The van der Waals surface area contributed by atoms with Gasteiger partial charge in [0.25, 0.3) is 0 Å². The Bertz CT molecular complexity index is 686. The Hall–Kier alpha value is -1.40. The van der Waals surface area contributed by atoms with E-state index in [1.165, 1.54) is 23.6 Å². The van der Waals surface area contributed by atoms with Gasteiger partial charge in [-0.2, -0.15) is 4.31 Å². The molecule has 1 heterocycles. The number of benzene rings is 1. The number of rotatable bonds is 4. The fraction of sp³-hybridized carbons (Fsp3) is 0.632. The van der Waals surface area contributed by atoms with Crippen LogP contribution in [0.5, 0.6) is 0 Å². The first-order chi connectivity index (χ1) is 12.0. The number of sulfonamides is 1. The van der Waals surface area contributed by atoms with Crippen LogP contribution in [-0.4, -0.2) is 49.7 Å². The molecule has 1 saturated heterocycles. The fourth-order valence-corrected chi connectivity index (χ4v) is 5.23. The summed E-state index contributed by atoms with van der Waals surface area (Å²) < 4.78 is 26.9. The van der Waals surface area contributed by atoms with E-state index >= 15 is 0 Å². The van der Waals surface area contributed by atoms with Gasteiger partial charge in [-0.15, -0.1) is 0 Å². The summed E-state index contributed by atoms with van der Waals surface area (Å²) in [5, 5.41) is 0. The standard InChI is InChI=1S/C19H28N2O3S/c1-16-7-9-18(10-8-16)25(23,24)21-13-11-20(12-14-21)19(22)15-17-5-3-2-4-6-17/h7-10,17H,2-6,11-15H2,1H3. The molecule has 2 fully saturated rings. The zero-order valence-electron chi connectivity index (χ0n) is 15.0. The van der Waals surface area contributed by atoms with E-state index in [0.29, 0.717) is 43.4 Å². The Morgan fingerprint density at radius 2 is 1.60 bits per heavy atom. The highest BCUT2D eigenvalue weighted by Gasteiger charge is 2.30. The fourth-order valence-electron chi connectivity index (χ4n) is 3.80. The van der Waals surface area contributed by atoms with Crippen molar-refractivity contribution in [2.75, 3.05) is 26.2 Å². The van der Waals surface area contributed by atoms with Crippen molar-refractivity contribution in [2.24, 2.45) is 5.92 Å². The predicted molar refractivity (Wildman–Crippen MR) is 97.7 cm³/mol. The summed E-state index contributed by atoms with van der Waals surface area (Å²) in [4.78, 5) is 14.7. The maximum absolute atomic E-state index is 12.7. The molecule has 1 aromatic rings. The molecule has 0 radical (unpaired) electrons. The molecule has 6 heteroatoms. The molecule has 1 saturated carbocycles. The van der Waals surface area contributed by atoms with Crippen LogP contribution in [0, 0.1) is 12.8 Å². The Kier molecular flexibility index (Phi) is 5.79. The Labute approximate surface area is 151 Å². The van der Waals surface area contributed by atoms with E-state index < -0.39 is 10.0 Å². The highest BCUT2D eigenvalue weighted by Crippen LogP contribution is 2.27. The molecule has 2 aliphatic rings. The van der Waals surface area contributed by atoms with E-state index in [1.807, 2.05) is 24.0 Å². The molecule has 138 valence electrons. The van der Waals surface area contributed by atoms with Crippen molar-refractivity contribution in [3.05, 3.63) is 29.8 Å². The van der Waals surface area contributed by atoms with Gasteiger partial charge in [-0.05, 0) is 37.8 Å². The third-order valence-corrected chi connectivity index (χ3v) is 7.35. The molecule has 0 atom stereocenters. The van der Waals surface area contributed by atoms with E-state index in [0.717, 1.165) is 18.4 Å². The van der Waals surface area contributed by atoms with Crippen LogP contribution in [0.3, 0.4) is 0 Å². The van der Waals surface area contributed by atoms with Crippen LogP contribution >= 0.6 is 0 Å². The summed E-state index contributed by atoms with van der Waals surface area (Å²) in [6, 6.07) is 6.95. The molecule has 0 spiro atoms. The van der Waals surface area contributed by atoms with Crippen LogP contribution in [0.2, 0.25) is 0 Å². The highest BCUT2D eigenvalue weighted by atomic mass is 32.2. The van der Waals surface area contributed by atoms with Crippen molar-refractivity contribution in [3.63, 3.8) is 0 Å². The van der Waals surface area contributed by atoms with Gasteiger partial charge in [-0.1, -0.05) is 37.0 Å². The molecule has 0 bridgehead atoms. The number of nitrogens with zero attached hydrogens (tertiary/aromatic N) is 2. The van der Waals surface area contributed by atoms with Gasteiger partial charge in [0.15, 0.2) is 0 Å². The van der Waals surface area contributed by atoms with Gasteiger partial charge in [0.05, 0.1) is 4.90 Å². The molecular formula is C19H28N2O3S. The average Bonchev–Trinajstić information content (AvgIpc) is 2.63. The predicted octanol–water partition coefficient (Wildman–Crippen LogP) is 2.80. The molecule has 1 aliphatic carbocycles. The van der Waals surface area contributed by atoms with Crippen molar-refractivity contribution < 1.29 is 13.2 Å². The smallest absolute Gasteiger partial charge is 0.243 e. The summed E-state index contributed by atoms with van der Waals surface area (Å²) in [6.45, 7) is 3.69. The van der Waals surface area contributed by atoms with E-state index in [-0.39, 0.29) is 5.91 Å². The maximum Gasteiger partial charge on any atom is 0.243 e. The first-order valence-corrected chi connectivity index (χ1v) is 10.8. The van der Waals surface area contributed by atoms with Crippen LogP contribution in [0.1, 0.15) is 44.1 Å². The highest BCUT2D eigenvalue weighted by molar-refractivity contribution is 7.89. The van der Waals surface area contributed by atoms with Gasteiger partial charge in [-0.25, -0.2) is 8.42 Å². The average molecular weight is 365 g/mol. The van der Waals surface area contributed by atoms with E-state index in [1.54, 1.807) is 12.1 Å². The van der Waals surface area contributed by atoms with Gasteiger partial charge in [0.1, 0.15) is 0 Å². The number of carbonyl (C=O) groups excluding carboxylic acids is 1. The third-order valence-electron chi connectivity index (χ3n) is 5.44. The van der Waals surface area contributed by atoms with Gasteiger partial charge in [-0.3, -0.25) is 4.79 Å². The van der Waals surface area contributed by atoms with Crippen molar-refractivity contribution in [3.8, 4) is 0 Å². The topological polar surface area (TPSA) is 57.7 Å². The normalized spacial score (nSPS) is 20.6. The Balaban J connectivity index is 1.55. The van der Waals surface area contributed by atoms with Crippen molar-refractivity contribution in [1.29, 1.82) is 0 Å². The molecule has 0 aromatic heterocycles. The molecule has 1 amide bonds. The molecule has 0 N–H and O–H groups in total. The van der Waals surface area contributed by atoms with E-state index in [4.69, 9.17) is 0 Å². The summed E-state index contributed by atoms with van der Waals surface area (Å²) in [7, 11) is -3.46. The lowest BCUT2D eigenvalue weighted by molar-refractivity contribution is -0.133. The van der Waals surface area contributed by atoms with Crippen LogP contribution in [0.15, 0.2) is 29.2 Å². The van der Waals surface area contributed by atoms with Gasteiger partial charge in [0, 0.05) is 32.6 Å². The zero-order chi connectivity index (χ0) is 17.9. The molecule has 5 nitrogen and oxygen atoms in total. The van der Waals surface area contributed by atoms with Crippen molar-refractivity contribution in [1.82, 2.24) is 9.21 Å². The van der Waals surface area contributed by atoms with Crippen LogP contribution in [0.4, 0.5) is 0 Å². The Morgan fingerprint density at radius 1 is 1.00 bits per heavy atom. The lowest BCUT2D eigenvalue weighted by Crippen LogP contribution is -2.50. The minimum atomic E-state index is -3.46. The third kappa shape index (κ3) is 4.42. The van der Waals surface area contributed by atoms with Crippen molar-refractivity contribution in [2.45, 2.75) is 50.3 Å². The molecule has 1 aliphatic heterocycles. The Morgan fingerprint density at radius 3 is 2.20 bits per heavy atom. The molecule has 1 aromatic carbocycles. The number of hydrogen-bond donors (Lipinski definition) is 0. The molecule has 25 heavy (non-hydrogen) atoms. The van der Waals surface area contributed by atoms with Gasteiger partial charge < -0.3 is 4.90 Å². The van der Waals surface area contributed by atoms with Gasteiger partial charge in [0.2, 0.25) is 15.9 Å². The molecule has 3 rings (SSSR count). The minimum absolute atomic E-state index is 0.194. The number of amides is 1. The summed E-state index contributed by atoms with van der Waals surface area (Å²) >= 11 is 0. The number of aryl methyl sites for hydroxylation is 1. The first-order valence-electron chi connectivity index (χ1n) is 9.31. The largest absolute Gasteiger partial charge is 0.340 e. The summed E-state index contributed by atoms with van der Waals surface area (Å²) in [6.07, 6.45) is 6.72.